The van der Waals surface area contributed by atoms with Crippen LogP contribution in [0.15, 0.2) is 54.6 Å². The number of aromatic hydroxyl groups is 1. The van der Waals surface area contributed by atoms with Gasteiger partial charge in [0, 0.05) is 6.42 Å². The molecule has 7 atom stereocenters. The number of aliphatic hydroxyl groups is 2. The standard InChI is InChI=1S/C34H48N6O10/c1-18(2)14-25(32(47)40-29(20(4)42)34(49)50)38-31(46)26(16-21-8-6-5-7-9-21)37-27(44)17-36-33(48)28(19(3)41)39-30(45)24(35)15-22-10-12-23(43)13-11-22/h5-13,18-20,24-26,28-29,41-43H,14-17,35H2,1-4H3,(H,36,48)(H,37,44)(H,38,46)(H,39,45)(H,40,47)(H,49,50)/t19-,20-,24-,25-,26-,28-,29-/m0/s1. The number of amides is 5. The number of hydrogen-bond acceptors (Lipinski definition) is 10. The molecule has 0 fully saturated rings. The van der Waals surface area contributed by atoms with Crippen LogP contribution in [0.25, 0.3) is 0 Å². The van der Waals surface area contributed by atoms with Crippen molar-refractivity contribution in [2.45, 2.75) is 89.4 Å². The van der Waals surface area contributed by atoms with Crippen molar-refractivity contribution < 1.29 is 49.2 Å². The van der Waals surface area contributed by atoms with Crippen LogP contribution in [0.2, 0.25) is 0 Å². The van der Waals surface area contributed by atoms with Gasteiger partial charge < -0.3 is 52.7 Å². The lowest BCUT2D eigenvalue weighted by Gasteiger charge is -2.26. The Kier molecular flexibility index (Phi) is 16.3. The molecule has 0 aliphatic carbocycles. The maximum Gasteiger partial charge on any atom is 0.328 e. The van der Waals surface area contributed by atoms with E-state index in [0.29, 0.717) is 11.1 Å². The summed E-state index contributed by atoms with van der Waals surface area (Å²) in [6, 6.07) is 8.01. The summed E-state index contributed by atoms with van der Waals surface area (Å²) in [6.07, 6.45) is -2.63. The van der Waals surface area contributed by atoms with E-state index >= 15 is 0 Å². The number of rotatable bonds is 19. The lowest BCUT2D eigenvalue weighted by molar-refractivity contribution is -0.145. The van der Waals surface area contributed by atoms with E-state index in [9.17, 15) is 49.2 Å². The van der Waals surface area contributed by atoms with E-state index < -0.39 is 84.5 Å². The molecule has 0 aliphatic heterocycles. The monoisotopic (exact) mass is 700 g/mol. The van der Waals surface area contributed by atoms with Gasteiger partial charge in [0.15, 0.2) is 6.04 Å². The Hall–Kier alpha value is -5.06. The normalized spacial score (nSPS) is 15.3. The van der Waals surface area contributed by atoms with Gasteiger partial charge in [0.05, 0.1) is 24.8 Å². The largest absolute Gasteiger partial charge is 0.508 e. The van der Waals surface area contributed by atoms with Crippen LogP contribution in [0, 0.1) is 5.92 Å². The Morgan fingerprint density at radius 2 is 1.20 bits per heavy atom. The summed E-state index contributed by atoms with van der Waals surface area (Å²) in [7, 11) is 0. The number of aliphatic carboxylic acids is 1. The maximum absolute atomic E-state index is 13.5. The van der Waals surface area contributed by atoms with Crippen LogP contribution in [0.4, 0.5) is 0 Å². The maximum atomic E-state index is 13.5. The van der Waals surface area contributed by atoms with Crippen molar-refractivity contribution in [3.8, 4) is 5.75 Å². The molecule has 0 heterocycles. The molecule has 274 valence electrons. The third-order valence-corrected chi connectivity index (χ3v) is 7.54. The molecular formula is C34H48N6O10. The summed E-state index contributed by atoms with van der Waals surface area (Å²) in [6.45, 7) is 5.38. The highest BCUT2D eigenvalue weighted by Crippen LogP contribution is 2.12. The predicted molar refractivity (Wildman–Crippen MR) is 181 cm³/mol. The molecule has 5 amide bonds. The number of nitrogens with one attached hydrogen (secondary N) is 5. The average Bonchev–Trinajstić information content (AvgIpc) is 3.04. The van der Waals surface area contributed by atoms with Crippen LogP contribution in [-0.4, -0.2) is 105 Å². The minimum Gasteiger partial charge on any atom is -0.508 e. The van der Waals surface area contributed by atoms with Crippen LogP contribution < -0.4 is 32.3 Å². The van der Waals surface area contributed by atoms with Gasteiger partial charge in [-0.15, -0.1) is 0 Å². The summed E-state index contributed by atoms with van der Waals surface area (Å²) < 4.78 is 0. The fourth-order valence-electron chi connectivity index (χ4n) is 4.84. The zero-order valence-corrected chi connectivity index (χ0v) is 28.5. The second kappa shape index (κ2) is 19.8. The van der Waals surface area contributed by atoms with Gasteiger partial charge in [0.1, 0.15) is 23.9 Å². The van der Waals surface area contributed by atoms with E-state index in [-0.39, 0.29) is 30.9 Å². The number of benzene rings is 2. The predicted octanol–water partition coefficient (Wildman–Crippen LogP) is -1.55. The van der Waals surface area contributed by atoms with Crippen LogP contribution >= 0.6 is 0 Å². The Morgan fingerprint density at radius 3 is 1.74 bits per heavy atom. The first-order chi connectivity index (χ1) is 23.5. The van der Waals surface area contributed by atoms with Crippen molar-refractivity contribution in [3.05, 3.63) is 65.7 Å². The van der Waals surface area contributed by atoms with E-state index in [1.165, 1.54) is 26.0 Å². The smallest absolute Gasteiger partial charge is 0.328 e. The van der Waals surface area contributed by atoms with E-state index in [2.05, 4.69) is 26.6 Å². The number of phenols is 1. The number of carboxylic acid groups (broad SMARTS) is 1. The van der Waals surface area contributed by atoms with Gasteiger partial charge in [-0.3, -0.25) is 24.0 Å². The van der Waals surface area contributed by atoms with Gasteiger partial charge in [0.25, 0.3) is 0 Å². The molecule has 0 aliphatic rings. The van der Waals surface area contributed by atoms with Gasteiger partial charge in [0.2, 0.25) is 29.5 Å². The molecule has 0 spiro atoms. The fourth-order valence-corrected chi connectivity index (χ4v) is 4.84. The summed E-state index contributed by atoms with van der Waals surface area (Å²) >= 11 is 0. The molecule has 2 rings (SSSR count). The van der Waals surface area contributed by atoms with Crippen molar-refractivity contribution in [1.29, 1.82) is 0 Å². The first-order valence-electron chi connectivity index (χ1n) is 16.1. The number of carbonyl (C=O) groups excluding carboxylic acids is 5. The molecule has 0 radical (unpaired) electrons. The molecule has 0 aromatic heterocycles. The first-order valence-corrected chi connectivity index (χ1v) is 16.1. The van der Waals surface area contributed by atoms with Gasteiger partial charge in [-0.05, 0) is 55.9 Å². The zero-order valence-electron chi connectivity index (χ0n) is 28.5. The second-order valence-electron chi connectivity index (χ2n) is 12.5. The van der Waals surface area contributed by atoms with Crippen molar-refractivity contribution in [1.82, 2.24) is 26.6 Å². The number of phenolic OH excluding ortho intramolecular Hbond substituents is 1. The highest BCUT2D eigenvalue weighted by atomic mass is 16.4. The number of aliphatic hydroxyl groups excluding tert-OH is 2. The van der Waals surface area contributed by atoms with E-state index in [1.54, 1.807) is 56.3 Å². The first kappa shape index (κ1) is 41.1. The molecule has 0 unspecified atom stereocenters. The fraction of sp³-hybridized carbons (Fsp3) is 0.471. The summed E-state index contributed by atoms with van der Waals surface area (Å²) in [4.78, 5) is 76.8. The SMILES string of the molecule is CC(C)C[C@H](NC(=O)[C@H](Cc1ccccc1)NC(=O)CNC(=O)[C@@H](NC(=O)[C@@H](N)Cc1ccc(O)cc1)[C@H](C)O)C(=O)N[C@H](C(=O)O)[C@H](C)O. The molecule has 2 aromatic carbocycles. The third-order valence-electron chi connectivity index (χ3n) is 7.54. The van der Waals surface area contributed by atoms with Crippen molar-refractivity contribution in [2.75, 3.05) is 6.54 Å². The average molecular weight is 701 g/mol. The van der Waals surface area contributed by atoms with E-state index in [0.717, 1.165) is 0 Å². The molecule has 16 nitrogen and oxygen atoms in total. The molecule has 11 N–H and O–H groups in total. The number of hydrogen-bond donors (Lipinski definition) is 10. The highest BCUT2D eigenvalue weighted by molar-refractivity contribution is 5.95. The molecule has 0 saturated heterocycles. The number of carboxylic acids is 1. The summed E-state index contributed by atoms with van der Waals surface area (Å²) in [5, 5.41) is 50.9. The second-order valence-corrected chi connectivity index (χ2v) is 12.5. The molecule has 16 heteroatoms. The molecule has 2 aromatic rings. The molecule has 0 bridgehead atoms. The minimum atomic E-state index is -1.62. The Balaban J connectivity index is 2.12. The van der Waals surface area contributed by atoms with E-state index in [1.807, 2.05) is 0 Å². The quantitative estimate of drug-likeness (QED) is 0.0802. The summed E-state index contributed by atoms with van der Waals surface area (Å²) in [5.74, 6) is -5.61. The van der Waals surface area contributed by atoms with Crippen molar-refractivity contribution >= 4 is 35.5 Å². The van der Waals surface area contributed by atoms with Gasteiger partial charge in [-0.2, -0.15) is 0 Å². The number of carbonyl (C=O) groups is 6. The Labute approximate surface area is 290 Å². The van der Waals surface area contributed by atoms with Crippen LogP contribution in [0.3, 0.4) is 0 Å². The minimum absolute atomic E-state index is 0.0148. The van der Waals surface area contributed by atoms with E-state index in [4.69, 9.17) is 5.73 Å². The summed E-state index contributed by atoms with van der Waals surface area (Å²) in [5.41, 5.74) is 7.28. The van der Waals surface area contributed by atoms with Gasteiger partial charge >= 0.3 is 5.97 Å². The van der Waals surface area contributed by atoms with Crippen LogP contribution in [0.5, 0.6) is 5.75 Å². The van der Waals surface area contributed by atoms with Crippen molar-refractivity contribution in [2.24, 2.45) is 11.7 Å². The van der Waals surface area contributed by atoms with Crippen LogP contribution in [0.1, 0.15) is 45.2 Å². The third kappa shape index (κ3) is 13.8. The zero-order chi connectivity index (χ0) is 37.5. The van der Waals surface area contributed by atoms with Gasteiger partial charge in [-0.1, -0.05) is 56.3 Å². The van der Waals surface area contributed by atoms with Crippen LogP contribution in [-0.2, 0) is 41.6 Å². The number of nitrogens with two attached hydrogens (primary N) is 1. The molecule has 50 heavy (non-hydrogen) atoms. The van der Waals surface area contributed by atoms with Crippen molar-refractivity contribution in [3.63, 3.8) is 0 Å². The molecular weight excluding hydrogens is 652 g/mol. The lowest BCUT2D eigenvalue weighted by Crippen LogP contribution is -2.59. The Bertz CT molecular complexity index is 1450. The lowest BCUT2D eigenvalue weighted by atomic mass is 10.0. The molecule has 0 saturated carbocycles. The van der Waals surface area contributed by atoms with Gasteiger partial charge in [-0.25, -0.2) is 4.79 Å². The topological polar surface area (TPSA) is 270 Å². The Morgan fingerprint density at radius 1 is 0.660 bits per heavy atom. The highest BCUT2D eigenvalue weighted by Gasteiger charge is 2.33.